The minimum absolute atomic E-state index is 0.0939. The van der Waals surface area contributed by atoms with Crippen LogP contribution in [0.15, 0.2) is 36.4 Å². The Labute approximate surface area is 176 Å². The van der Waals surface area contributed by atoms with Crippen LogP contribution in [-0.2, 0) is 9.59 Å². The normalized spacial score (nSPS) is 21.5. The fourth-order valence-corrected chi connectivity index (χ4v) is 3.75. The van der Waals surface area contributed by atoms with Gasteiger partial charge in [0.1, 0.15) is 11.9 Å². The number of hydrogen-bond acceptors (Lipinski definition) is 4. The van der Waals surface area contributed by atoms with Crippen molar-refractivity contribution in [3.05, 3.63) is 47.8 Å². The molecule has 1 aliphatic rings. The topological polar surface area (TPSA) is 95.7 Å². The van der Waals surface area contributed by atoms with Crippen molar-refractivity contribution in [3.8, 4) is 0 Å². The van der Waals surface area contributed by atoms with E-state index in [1.165, 1.54) is 17.0 Å². The molecule has 2 aromatic rings. The van der Waals surface area contributed by atoms with Gasteiger partial charge in [-0.2, -0.15) is 0 Å². The number of rotatable bonds is 4. The number of nitrogens with two attached hydrogens (primary N) is 1. The van der Waals surface area contributed by atoms with Crippen molar-refractivity contribution in [2.24, 2.45) is 11.1 Å². The van der Waals surface area contributed by atoms with E-state index in [1.807, 2.05) is 45.9 Å². The molecule has 6 nitrogen and oxygen atoms in total. The lowest BCUT2D eigenvalue weighted by atomic mass is 9.86. The van der Waals surface area contributed by atoms with Gasteiger partial charge in [0.2, 0.25) is 11.8 Å². The van der Waals surface area contributed by atoms with E-state index in [2.05, 4.69) is 5.32 Å². The van der Waals surface area contributed by atoms with Gasteiger partial charge >= 0.3 is 0 Å². The summed E-state index contributed by atoms with van der Waals surface area (Å²) >= 11 is 0. The molecule has 0 aliphatic carbocycles. The van der Waals surface area contributed by atoms with Crippen LogP contribution in [0.2, 0.25) is 0 Å². The van der Waals surface area contributed by atoms with Crippen LogP contribution >= 0.6 is 0 Å². The Balaban J connectivity index is 1.75. The number of benzene rings is 2. The standard InChI is InChI=1S/C23H30FN3O3/c1-13(14-5-6-16-10-17(24)8-7-15(16)9-14)26-21(29)19-11-18(28)12-27(19)22(30)20(25)23(2,3)4/h5-10,13,18-20,28H,11-12,25H2,1-4H3,(H,26,29)/t13-,18+,19-,20+/m0/s1. The second-order valence-corrected chi connectivity index (χ2v) is 9.22. The van der Waals surface area contributed by atoms with E-state index >= 15 is 0 Å². The molecule has 2 aromatic carbocycles. The van der Waals surface area contributed by atoms with Crippen LogP contribution in [0.5, 0.6) is 0 Å². The van der Waals surface area contributed by atoms with Crippen molar-refractivity contribution in [3.63, 3.8) is 0 Å². The first-order valence-corrected chi connectivity index (χ1v) is 10.2. The highest BCUT2D eigenvalue weighted by Gasteiger charge is 2.42. The Kier molecular flexibility index (Phi) is 6.15. The number of halogens is 1. The van der Waals surface area contributed by atoms with Gasteiger partial charge in [0.15, 0.2) is 0 Å². The average molecular weight is 416 g/mol. The lowest BCUT2D eigenvalue weighted by Gasteiger charge is -2.32. The zero-order chi connectivity index (χ0) is 22.2. The van der Waals surface area contributed by atoms with E-state index in [0.717, 1.165) is 16.3 Å². The monoisotopic (exact) mass is 415 g/mol. The average Bonchev–Trinajstić information content (AvgIpc) is 3.07. The molecule has 1 heterocycles. The molecule has 7 heteroatoms. The molecule has 0 bridgehead atoms. The van der Waals surface area contributed by atoms with Crippen molar-refractivity contribution in [2.75, 3.05) is 6.54 Å². The third kappa shape index (κ3) is 4.63. The Morgan fingerprint density at radius 2 is 1.83 bits per heavy atom. The van der Waals surface area contributed by atoms with E-state index in [-0.39, 0.29) is 36.6 Å². The number of carbonyl (C=O) groups is 2. The Morgan fingerprint density at radius 3 is 2.50 bits per heavy atom. The predicted octanol–water partition coefficient (Wildman–Crippen LogP) is 2.49. The van der Waals surface area contributed by atoms with Crippen LogP contribution in [-0.4, -0.2) is 46.6 Å². The van der Waals surface area contributed by atoms with Crippen molar-refractivity contribution in [2.45, 2.75) is 58.3 Å². The fraction of sp³-hybridized carbons (Fsp3) is 0.478. The molecule has 1 saturated heterocycles. The van der Waals surface area contributed by atoms with Crippen molar-refractivity contribution in [1.29, 1.82) is 0 Å². The molecule has 1 aliphatic heterocycles. The molecule has 162 valence electrons. The summed E-state index contributed by atoms with van der Waals surface area (Å²) in [6.45, 7) is 7.54. The van der Waals surface area contributed by atoms with Gasteiger partial charge in [0, 0.05) is 13.0 Å². The summed E-state index contributed by atoms with van der Waals surface area (Å²) in [7, 11) is 0. The van der Waals surface area contributed by atoms with E-state index in [4.69, 9.17) is 5.73 Å². The number of hydrogen-bond donors (Lipinski definition) is 3. The first-order chi connectivity index (χ1) is 14.0. The zero-order valence-corrected chi connectivity index (χ0v) is 17.9. The molecule has 0 unspecified atom stereocenters. The smallest absolute Gasteiger partial charge is 0.243 e. The summed E-state index contributed by atoms with van der Waals surface area (Å²) in [6.07, 6.45) is -0.583. The van der Waals surface area contributed by atoms with Crippen LogP contribution in [0.4, 0.5) is 4.39 Å². The van der Waals surface area contributed by atoms with Gasteiger partial charge in [-0.25, -0.2) is 4.39 Å². The summed E-state index contributed by atoms with van der Waals surface area (Å²) in [4.78, 5) is 27.2. The molecular formula is C23H30FN3O3. The summed E-state index contributed by atoms with van der Waals surface area (Å²) in [5.74, 6) is -0.957. The lowest BCUT2D eigenvalue weighted by Crippen LogP contribution is -2.55. The third-order valence-electron chi connectivity index (χ3n) is 5.75. The van der Waals surface area contributed by atoms with Crippen LogP contribution in [0.25, 0.3) is 10.8 Å². The maximum absolute atomic E-state index is 13.4. The van der Waals surface area contributed by atoms with Gasteiger partial charge in [0.25, 0.3) is 0 Å². The summed E-state index contributed by atoms with van der Waals surface area (Å²) in [5, 5.41) is 14.7. The molecule has 0 saturated carbocycles. The van der Waals surface area contributed by atoms with E-state index in [0.29, 0.717) is 0 Å². The van der Waals surface area contributed by atoms with Crippen LogP contribution in [0, 0.1) is 11.2 Å². The molecule has 4 N–H and O–H groups in total. The number of fused-ring (bicyclic) bond motifs is 1. The van der Waals surface area contributed by atoms with Gasteiger partial charge < -0.3 is 21.1 Å². The maximum Gasteiger partial charge on any atom is 0.243 e. The molecule has 30 heavy (non-hydrogen) atoms. The molecular weight excluding hydrogens is 385 g/mol. The highest BCUT2D eigenvalue weighted by atomic mass is 19.1. The van der Waals surface area contributed by atoms with Crippen molar-refractivity contribution >= 4 is 22.6 Å². The number of β-amino-alcohol motifs (C(OH)–C–C–N with tert-alkyl or cyclic N) is 1. The van der Waals surface area contributed by atoms with Crippen molar-refractivity contribution in [1.82, 2.24) is 10.2 Å². The van der Waals surface area contributed by atoms with Gasteiger partial charge in [-0.1, -0.05) is 39.0 Å². The number of amides is 2. The molecule has 0 aromatic heterocycles. The first kappa shape index (κ1) is 22.2. The van der Waals surface area contributed by atoms with Gasteiger partial charge in [-0.3, -0.25) is 9.59 Å². The molecule has 2 amide bonds. The Bertz CT molecular complexity index is 956. The van der Waals surface area contributed by atoms with Crippen LogP contribution in [0.1, 0.15) is 45.7 Å². The minimum atomic E-state index is -0.767. The second kappa shape index (κ2) is 8.32. The number of carbonyl (C=O) groups excluding carboxylic acids is 2. The van der Waals surface area contributed by atoms with Gasteiger partial charge in [0.05, 0.1) is 18.2 Å². The fourth-order valence-electron chi connectivity index (χ4n) is 3.75. The summed E-state index contributed by atoms with van der Waals surface area (Å²) in [6, 6.07) is 8.27. The number of aliphatic hydroxyl groups is 1. The van der Waals surface area contributed by atoms with Crippen LogP contribution < -0.4 is 11.1 Å². The Hall–Kier alpha value is -2.51. The second-order valence-electron chi connectivity index (χ2n) is 9.22. The molecule has 0 radical (unpaired) electrons. The first-order valence-electron chi connectivity index (χ1n) is 10.2. The number of nitrogens with zero attached hydrogens (tertiary/aromatic N) is 1. The maximum atomic E-state index is 13.4. The molecule has 0 spiro atoms. The zero-order valence-electron chi connectivity index (χ0n) is 17.9. The van der Waals surface area contributed by atoms with Gasteiger partial charge in [-0.05, 0) is 46.9 Å². The SMILES string of the molecule is C[C@H](NC(=O)[C@@H]1C[C@@H](O)CN1C(=O)[C@@H](N)C(C)(C)C)c1ccc2cc(F)ccc2c1. The molecule has 3 rings (SSSR count). The van der Waals surface area contributed by atoms with E-state index in [9.17, 15) is 19.1 Å². The van der Waals surface area contributed by atoms with Gasteiger partial charge in [-0.15, -0.1) is 0 Å². The summed E-state index contributed by atoms with van der Waals surface area (Å²) < 4.78 is 13.4. The highest BCUT2D eigenvalue weighted by Crippen LogP contribution is 2.26. The third-order valence-corrected chi connectivity index (χ3v) is 5.75. The summed E-state index contributed by atoms with van der Waals surface area (Å²) in [5.41, 5.74) is 6.52. The number of aliphatic hydroxyl groups excluding tert-OH is 1. The van der Waals surface area contributed by atoms with E-state index < -0.39 is 23.6 Å². The number of likely N-dealkylation sites (tertiary alicyclic amines) is 1. The van der Waals surface area contributed by atoms with Crippen LogP contribution in [0.3, 0.4) is 0 Å². The Morgan fingerprint density at radius 1 is 1.20 bits per heavy atom. The lowest BCUT2D eigenvalue weighted by molar-refractivity contribution is -0.141. The number of nitrogens with one attached hydrogen (secondary N) is 1. The largest absolute Gasteiger partial charge is 0.391 e. The quantitative estimate of drug-likeness (QED) is 0.715. The van der Waals surface area contributed by atoms with E-state index in [1.54, 1.807) is 6.07 Å². The molecule has 4 atom stereocenters. The highest BCUT2D eigenvalue weighted by molar-refractivity contribution is 5.91. The predicted molar refractivity (Wildman–Crippen MR) is 114 cm³/mol. The molecule has 1 fully saturated rings. The van der Waals surface area contributed by atoms with Crippen molar-refractivity contribution < 1.29 is 19.1 Å². The minimum Gasteiger partial charge on any atom is -0.391 e.